The molecule has 3 heterocycles. The minimum absolute atomic E-state index is 0.265. The molecule has 0 unspecified atom stereocenters. The van der Waals surface area contributed by atoms with Crippen molar-refractivity contribution in [2.24, 2.45) is 0 Å². The molecule has 1 fully saturated rings. The fourth-order valence-corrected chi connectivity index (χ4v) is 3.83. The second-order valence-electron chi connectivity index (χ2n) is 6.81. The smallest absolute Gasteiger partial charge is 0.222 e. The highest BCUT2D eigenvalue weighted by atomic mass is 16.2. The molecule has 3 aromatic rings. The fourth-order valence-electron chi connectivity index (χ4n) is 3.83. The van der Waals surface area contributed by atoms with Crippen LogP contribution < -0.4 is 0 Å². The zero-order valence-electron chi connectivity index (χ0n) is 14.3. The summed E-state index contributed by atoms with van der Waals surface area (Å²) in [4.78, 5) is 22.0. The largest absolute Gasteiger partial charge is 0.361 e. The molecular weight excluding hydrogens is 310 g/mol. The number of pyridine rings is 1. The van der Waals surface area contributed by atoms with Gasteiger partial charge in [-0.3, -0.25) is 9.78 Å². The van der Waals surface area contributed by atoms with Crippen molar-refractivity contribution in [1.29, 1.82) is 0 Å². The molecule has 1 aliphatic heterocycles. The Hall–Kier alpha value is -2.62. The number of rotatable bonds is 4. The standard InChI is InChI=1S/C21H23N3O/c25-21(8-7-16-4-3-11-22-14-16)24-12-9-17(10-13-24)19-15-23-20-6-2-1-5-18(19)20/h1-6,11,14-15,17,23H,7-10,12-13H2. The molecule has 4 rings (SSSR count). The summed E-state index contributed by atoms with van der Waals surface area (Å²) in [5.74, 6) is 0.805. The molecule has 1 aromatic carbocycles. The Morgan fingerprint density at radius 2 is 2.00 bits per heavy atom. The lowest BCUT2D eigenvalue weighted by atomic mass is 9.89. The van der Waals surface area contributed by atoms with E-state index in [-0.39, 0.29) is 5.91 Å². The maximum absolute atomic E-state index is 12.5. The third-order valence-corrected chi connectivity index (χ3v) is 5.26. The van der Waals surface area contributed by atoms with Gasteiger partial charge in [-0.05, 0) is 48.4 Å². The summed E-state index contributed by atoms with van der Waals surface area (Å²) in [6.45, 7) is 1.71. The van der Waals surface area contributed by atoms with E-state index in [0.29, 0.717) is 12.3 Å². The predicted octanol–water partition coefficient (Wildman–Crippen LogP) is 3.90. The Kier molecular flexibility index (Phi) is 4.51. The second kappa shape index (κ2) is 7.09. The van der Waals surface area contributed by atoms with E-state index in [2.05, 4.69) is 40.4 Å². The molecule has 0 atom stereocenters. The first kappa shape index (κ1) is 15.9. The van der Waals surface area contributed by atoms with Crippen LogP contribution >= 0.6 is 0 Å². The molecule has 0 aliphatic carbocycles. The minimum Gasteiger partial charge on any atom is -0.361 e. The number of aromatic amines is 1. The van der Waals surface area contributed by atoms with E-state index in [4.69, 9.17) is 0 Å². The summed E-state index contributed by atoms with van der Waals surface area (Å²) < 4.78 is 0. The summed E-state index contributed by atoms with van der Waals surface area (Å²) >= 11 is 0. The number of amides is 1. The molecule has 25 heavy (non-hydrogen) atoms. The number of nitrogens with one attached hydrogen (secondary N) is 1. The van der Waals surface area contributed by atoms with Crippen LogP contribution in [0.25, 0.3) is 10.9 Å². The van der Waals surface area contributed by atoms with Gasteiger partial charge in [-0.15, -0.1) is 0 Å². The van der Waals surface area contributed by atoms with Crippen LogP contribution in [0, 0.1) is 0 Å². The molecule has 2 aromatic heterocycles. The van der Waals surface area contributed by atoms with Crippen LogP contribution in [0.2, 0.25) is 0 Å². The number of nitrogens with zero attached hydrogens (tertiary/aromatic N) is 2. The van der Waals surface area contributed by atoms with Crippen molar-refractivity contribution < 1.29 is 4.79 Å². The Morgan fingerprint density at radius 3 is 2.80 bits per heavy atom. The average molecular weight is 333 g/mol. The summed E-state index contributed by atoms with van der Waals surface area (Å²) in [5.41, 5.74) is 3.73. The van der Waals surface area contributed by atoms with Crippen LogP contribution in [0.4, 0.5) is 0 Å². The number of hydrogen-bond acceptors (Lipinski definition) is 2. The number of carbonyl (C=O) groups is 1. The summed E-state index contributed by atoms with van der Waals surface area (Å²) in [7, 11) is 0. The number of aromatic nitrogens is 2. The molecular formula is C21H23N3O. The first-order valence-electron chi connectivity index (χ1n) is 9.04. The summed E-state index contributed by atoms with van der Waals surface area (Å²) in [6.07, 6.45) is 9.19. The molecule has 1 amide bonds. The number of carbonyl (C=O) groups excluding carboxylic acids is 1. The number of likely N-dealkylation sites (tertiary alicyclic amines) is 1. The maximum atomic E-state index is 12.5. The van der Waals surface area contributed by atoms with E-state index < -0.39 is 0 Å². The van der Waals surface area contributed by atoms with Gasteiger partial charge in [0.05, 0.1) is 0 Å². The first-order chi connectivity index (χ1) is 12.3. The Bertz CT molecular complexity index is 848. The number of aryl methyl sites for hydroxylation is 1. The monoisotopic (exact) mass is 333 g/mol. The van der Waals surface area contributed by atoms with Crippen molar-refractivity contribution in [2.75, 3.05) is 13.1 Å². The highest BCUT2D eigenvalue weighted by Gasteiger charge is 2.25. The van der Waals surface area contributed by atoms with E-state index in [9.17, 15) is 4.79 Å². The van der Waals surface area contributed by atoms with Crippen LogP contribution in [0.1, 0.15) is 36.3 Å². The maximum Gasteiger partial charge on any atom is 0.222 e. The van der Waals surface area contributed by atoms with Gasteiger partial charge in [0.2, 0.25) is 5.91 Å². The topological polar surface area (TPSA) is 49.0 Å². The molecule has 0 saturated carbocycles. The summed E-state index contributed by atoms with van der Waals surface area (Å²) in [5, 5.41) is 1.32. The third kappa shape index (κ3) is 3.43. The third-order valence-electron chi connectivity index (χ3n) is 5.26. The lowest BCUT2D eigenvalue weighted by Gasteiger charge is -2.32. The molecule has 4 heteroatoms. The zero-order valence-corrected chi connectivity index (χ0v) is 14.3. The van der Waals surface area contributed by atoms with Crippen LogP contribution in [0.15, 0.2) is 55.0 Å². The number of H-pyrrole nitrogens is 1. The van der Waals surface area contributed by atoms with Gasteiger partial charge in [0.1, 0.15) is 0 Å². The second-order valence-corrected chi connectivity index (χ2v) is 6.81. The summed E-state index contributed by atoms with van der Waals surface area (Å²) in [6, 6.07) is 12.4. The van der Waals surface area contributed by atoms with Crippen LogP contribution in [-0.2, 0) is 11.2 Å². The minimum atomic E-state index is 0.265. The first-order valence-corrected chi connectivity index (χ1v) is 9.04. The Morgan fingerprint density at radius 1 is 1.16 bits per heavy atom. The van der Waals surface area contributed by atoms with Crippen LogP contribution in [-0.4, -0.2) is 33.9 Å². The quantitative estimate of drug-likeness (QED) is 0.787. The van der Waals surface area contributed by atoms with Crippen molar-refractivity contribution >= 4 is 16.8 Å². The van der Waals surface area contributed by atoms with Gasteiger partial charge in [0, 0.05) is 49.0 Å². The fraction of sp³-hybridized carbons (Fsp3) is 0.333. The van der Waals surface area contributed by atoms with E-state index in [1.165, 1.54) is 16.5 Å². The number of benzene rings is 1. The van der Waals surface area contributed by atoms with Gasteiger partial charge < -0.3 is 9.88 Å². The van der Waals surface area contributed by atoms with Crippen molar-refractivity contribution in [3.8, 4) is 0 Å². The molecule has 0 radical (unpaired) electrons. The molecule has 128 valence electrons. The molecule has 1 N–H and O–H groups in total. The Labute approximate surface area is 147 Å². The number of fused-ring (bicyclic) bond motifs is 1. The predicted molar refractivity (Wildman–Crippen MR) is 99.4 cm³/mol. The van der Waals surface area contributed by atoms with Gasteiger partial charge in [-0.25, -0.2) is 0 Å². The number of hydrogen-bond donors (Lipinski definition) is 1. The lowest BCUT2D eigenvalue weighted by Crippen LogP contribution is -2.38. The van der Waals surface area contributed by atoms with Gasteiger partial charge in [-0.1, -0.05) is 24.3 Å². The van der Waals surface area contributed by atoms with Crippen molar-refractivity contribution in [3.05, 3.63) is 66.1 Å². The number of piperidine rings is 1. The molecule has 1 aliphatic rings. The van der Waals surface area contributed by atoms with Crippen molar-refractivity contribution in [1.82, 2.24) is 14.9 Å². The Balaban J connectivity index is 1.34. The van der Waals surface area contributed by atoms with E-state index >= 15 is 0 Å². The van der Waals surface area contributed by atoms with E-state index in [0.717, 1.165) is 37.9 Å². The van der Waals surface area contributed by atoms with Gasteiger partial charge in [-0.2, -0.15) is 0 Å². The average Bonchev–Trinajstić information content (AvgIpc) is 3.11. The molecule has 1 saturated heterocycles. The highest BCUT2D eigenvalue weighted by Crippen LogP contribution is 2.33. The number of para-hydroxylation sites is 1. The van der Waals surface area contributed by atoms with E-state index in [1.807, 2.05) is 23.2 Å². The van der Waals surface area contributed by atoms with Crippen molar-refractivity contribution in [3.63, 3.8) is 0 Å². The normalized spacial score (nSPS) is 15.6. The lowest BCUT2D eigenvalue weighted by molar-refractivity contribution is -0.132. The van der Waals surface area contributed by atoms with Gasteiger partial charge >= 0.3 is 0 Å². The highest BCUT2D eigenvalue weighted by molar-refractivity contribution is 5.83. The molecule has 4 nitrogen and oxygen atoms in total. The van der Waals surface area contributed by atoms with E-state index in [1.54, 1.807) is 6.20 Å². The van der Waals surface area contributed by atoms with Crippen LogP contribution in [0.3, 0.4) is 0 Å². The van der Waals surface area contributed by atoms with Crippen molar-refractivity contribution in [2.45, 2.75) is 31.6 Å². The van der Waals surface area contributed by atoms with Crippen LogP contribution in [0.5, 0.6) is 0 Å². The zero-order chi connectivity index (χ0) is 17.1. The molecule has 0 bridgehead atoms. The van der Waals surface area contributed by atoms with Gasteiger partial charge in [0.25, 0.3) is 0 Å². The molecule has 0 spiro atoms. The van der Waals surface area contributed by atoms with Gasteiger partial charge in [0.15, 0.2) is 0 Å². The SMILES string of the molecule is O=C(CCc1cccnc1)N1CCC(c2c[nH]c3ccccc23)CC1.